The van der Waals surface area contributed by atoms with Gasteiger partial charge in [0.15, 0.2) is 0 Å². The topological polar surface area (TPSA) is 243 Å². The molecule has 3 unspecified atom stereocenters. The summed E-state index contributed by atoms with van der Waals surface area (Å²) < 4.78 is 0. The molecule has 0 aromatic heterocycles. The van der Waals surface area contributed by atoms with Crippen molar-refractivity contribution in [2.45, 2.75) is 135 Å². The van der Waals surface area contributed by atoms with Gasteiger partial charge in [0.1, 0.15) is 0 Å². The third-order valence-corrected chi connectivity index (χ3v) is 6.28. The van der Waals surface area contributed by atoms with Crippen LogP contribution in [0.4, 0.5) is 0 Å². The minimum absolute atomic E-state index is 0.0810. The van der Waals surface area contributed by atoms with Crippen LogP contribution in [0.15, 0.2) is 0 Å². The molecule has 12 N–H and O–H groups in total. The first-order chi connectivity index (χ1) is 20.5. The van der Waals surface area contributed by atoms with Gasteiger partial charge in [-0.15, -0.1) is 0 Å². The summed E-state index contributed by atoms with van der Waals surface area (Å²) in [5, 5.41) is 100. The van der Waals surface area contributed by atoms with E-state index in [9.17, 15) is 0 Å². The molecule has 0 amide bonds. The zero-order valence-corrected chi connectivity index (χ0v) is 27.6. The molecule has 0 heterocycles. The molecule has 1 fully saturated rings. The number of aliphatic hydroxyl groups excluding tert-OH is 12. The van der Waals surface area contributed by atoms with Crippen molar-refractivity contribution in [1.29, 1.82) is 0 Å². The van der Waals surface area contributed by atoms with E-state index in [4.69, 9.17) is 61.3 Å². The van der Waals surface area contributed by atoms with Gasteiger partial charge in [-0.3, -0.25) is 0 Å². The van der Waals surface area contributed by atoms with E-state index in [1.165, 1.54) is 19.3 Å². The molecule has 1 saturated carbocycles. The summed E-state index contributed by atoms with van der Waals surface area (Å²) in [7, 11) is 0. The Morgan fingerprint density at radius 3 is 0.860 bits per heavy atom. The summed E-state index contributed by atoms with van der Waals surface area (Å²) in [6, 6.07) is 0. The molecule has 268 valence electrons. The van der Waals surface area contributed by atoms with Gasteiger partial charge < -0.3 is 61.3 Å². The predicted molar refractivity (Wildman–Crippen MR) is 171 cm³/mol. The van der Waals surface area contributed by atoms with Crippen LogP contribution in [0.3, 0.4) is 0 Å². The van der Waals surface area contributed by atoms with Crippen LogP contribution >= 0.6 is 0 Å². The van der Waals surface area contributed by atoms with Crippen molar-refractivity contribution in [1.82, 2.24) is 0 Å². The molecule has 1 aliphatic rings. The Balaban J connectivity index is -0.000000136. The highest BCUT2D eigenvalue weighted by molar-refractivity contribution is 4.81. The lowest BCUT2D eigenvalue weighted by Crippen LogP contribution is -2.31. The molecule has 1 aliphatic carbocycles. The fourth-order valence-corrected chi connectivity index (χ4v) is 3.06. The molecule has 0 spiro atoms. The molecule has 0 bridgehead atoms. The Labute approximate surface area is 261 Å². The van der Waals surface area contributed by atoms with Crippen molar-refractivity contribution >= 4 is 0 Å². The van der Waals surface area contributed by atoms with Gasteiger partial charge in [0.2, 0.25) is 0 Å². The zero-order valence-electron chi connectivity index (χ0n) is 27.6. The van der Waals surface area contributed by atoms with E-state index in [0.29, 0.717) is 6.42 Å². The standard InChI is InChI=1S/C8H16O2.C6H14O2.C5H12O2.3C4H10O2/c9-6-8(7-10)4-2-1-3-5-8;7-5-3-1-2-4-6-8;6-4-2-1-3-5-7;1-4(6)2-3-5;1-3(5)4(2)6;5-3-1-2-4-6/h9-10H,1-7H2;7-8H,1-6H2;6-7H,1-5H2;4-6H,2-3H2,1H3;3-6H,1-2H3;5-6H,1-4H2. The van der Waals surface area contributed by atoms with Crippen molar-refractivity contribution in [3.63, 3.8) is 0 Å². The van der Waals surface area contributed by atoms with Crippen molar-refractivity contribution in [2.24, 2.45) is 5.41 Å². The van der Waals surface area contributed by atoms with E-state index in [2.05, 4.69) is 0 Å². The normalized spacial score (nSPS) is 15.1. The first kappa shape index (κ1) is 52.1. The second kappa shape index (κ2) is 45.9. The zero-order chi connectivity index (χ0) is 34.2. The molecule has 0 aromatic carbocycles. The van der Waals surface area contributed by atoms with Crippen LogP contribution < -0.4 is 0 Å². The minimum atomic E-state index is -0.593. The summed E-state index contributed by atoms with van der Waals surface area (Å²) >= 11 is 0. The van der Waals surface area contributed by atoms with Crippen LogP contribution in [-0.4, -0.2) is 139 Å². The summed E-state index contributed by atoms with van der Waals surface area (Å²) in [6.07, 6.45) is 12.4. The average Bonchev–Trinajstić information content (AvgIpc) is 3.00. The fraction of sp³-hybridized carbons (Fsp3) is 1.00. The number of rotatable bonds is 17. The SMILES string of the molecule is CC(O)C(C)O.CC(O)CCO.OCC1(CO)CCCCC1.OCCCCCCO.OCCCCCO.OCCCCO. The lowest BCUT2D eigenvalue weighted by molar-refractivity contribution is 0.0234. The van der Waals surface area contributed by atoms with Gasteiger partial charge in [-0.1, -0.05) is 32.1 Å². The second-order valence-corrected chi connectivity index (χ2v) is 10.7. The van der Waals surface area contributed by atoms with E-state index in [1.54, 1.807) is 20.8 Å². The molecule has 0 aromatic rings. The second-order valence-electron chi connectivity index (χ2n) is 10.7. The third kappa shape index (κ3) is 54.4. The highest BCUT2D eigenvalue weighted by atomic mass is 16.3. The Morgan fingerprint density at radius 2 is 0.698 bits per heavy atom. The summed E-state index contributed by atoms with van der Waals surface area (Å²) in [6.45, 7) is 6.59. The van der Waals surface area contributed by atoms with Gasteiger partial charge in [-0.05, 0) is 85.0 Å². The molecule has 12 nitrogen and oxygen atoms in total. The largest absolute Gasteiger partial charge is 0.396 e. The Kier molecular flexibility index (Phi) is 55.6. The van der Waals surface area contributed by atoms with E-state index in [0.717, 1.165) is 70.6 Å². The van der Waals surface area contributed by atoms with Gasteiger partial charge in [-0.25, -0.2) is 0 Å². The van der Waals surface area contributed by atoms with Gasteiger partial charge in [-0.2, -0.15) is 0 Å². The average molecular weight is 637 g/mol. The number of hydrogen-bond acceptors (Lipinski definition) is 12. The Bertz CT molecular complexity index is 409. The van der Waals surface area contributed by atoms with E-state index < -0.39 is 12.2 Å². The number of unbranched alkanes of at least 4 members (excludes halogenated alkanes) is 6. The van der Waals surface area contributed by atoms with Crippen LogP contribution in [0.2, 0.25) is 0 Å². The van der Waals surface area contributed by atoms with Crippen LogP contribution in [0.5, 0.6) is 0 Å². The van der Waals surface area contributed by atoms with Crippen LogP contribution in [0, 0.1) is 5.41 Å². The third-order valence-electron chi connectivity index (χ3n) is 6.28. The molecule has 3 atom stereocenters. The summed E-state index contributed by atoms with van der Waals surface area (Å²) in [5.41, 5.74) is -0.127. The van der Waals surface area contributed by atoms with Crippen LogP contribution in [-0.2, 0) is 0 Å². The van der Waals surface area contributed by atoms with Gasteiger partial charge in [0.05, 0.1) is 31.5 Å². The highest BCUT2D eigenvalue weighted by Crippen LogP contribution is 2.34. The van der Waals surface area contributed by atoms with Crippen molar-refractivity contribution in [2.75, 3.05) is 59.5 Å². The highest BCUT2D eigenvalue weighted by Gasteiger charge is 2.30. The van der Waals surface area contributed by atoms with Gasteiger partial charge in [0, 0.05) is 51.7 Å². The van der Waals surface area contributed by atoms with Crippen molar-refractivity contribution in [3.05, 3.63) is 0 Å². The predicted octanol–water partition coefficient (Wildman–Crippen LogP) is 0.843. The summed E-state index contributed by atoms with van der Waals surface area (Å²) in [4.78, 5) is 0. The van der Waals surface area contributed by atoms with E-state index in [-0.39, 0.29) is 71.0 Å². The molecule has 0 aliphatic heterocycles. The monoisotopic (exact) mass is 637 g/mol. The Morgan fingerprint density at radius 1 is 0.419 bits per heavy atom. The van der Waals surface area contributed by atoms with Gasteiger partial charge >= 0.3 is 0 Å². The molecular weight excluding hydrogens is 564 g/mol. The van der Waals surface area contributed by atoms with E-state index >= 15 is 0 Å². The molecule has 1 rings (SSSR count). The first-order valence-electron chi connectivity index (χ1n) is 16.0. The Hall–Kier alpha value is -0.480. The fourth-order valence-electron chi connectivity index (χ4n) is 3.06. The molecule has 43 heavy (non-hydrogen) atoms. The first-order valence-corrected chi connectivity index (χ1v) is 16.0. The maximum Gasteiger partial charge on any atom is 0.0768 e. The van der Waals surface area contributed by atoms with Crippen molar-refractivity contribution in [3.8, 4) is 0 Å². The number of aliphatic hydroxyl groups is 12. The smallest absolute Gasteiger partial charge is 0.0768 e. The maximum atomic E-state index is 8.98. The van der Waals surface area contributed by atoms with Gasteiger partial charge in [0.25, 0.3) is 0 Å². The van der Waals surface area contributed by atoms with Crippen LogP contribution in [0.25, 0.3) is 0 Å². The van der Waals surface area contributed by atoms with Crippen LogP contribution in [0.1, 0.15) is 117 Å². The number of hydrogen-bond donors (Lipinski definition) is 12. The molecule has 0 radical (unpaired) electrons. The molecular formula is C31H72O12. The van der Waals surface area contributed by atoms with E-state index in [1.807, 2.05) is 0 Å². The quantitative estimate of drug-likeness (QED) is 0.0994. The summed E-state index contributed by atoms with van der Waals surface area (Å²) in [5.74, 6) is 0. The lowest BCUT2D eigenvalue weighted by Gasteiger charge is -2.33. The lowest BCUT2D eigenvalue weighted by atomic mass is 9.75. The van der Waals surface area contributed by atoms with Crippen molar-refractivity contribution < 1.29 is 61.3 Å². The maximum absolute atomic E-state index is 8.98. The minimum Gasteiger partial charge on any atom is -0.396 e. The molecule has 0 saturated heterocycles. The molecule has 12 heteroatoms.